The van der Waals surface area contributed by atoms with Gasteiger partial charge in [0.2, 0.25) is 0 Å². The Morgan fingerprint density at radius 3 is 2.88 bits per heavy atom. The minimum atomic E-state index is -1.02. The maximum atomic E-state index is 10.7. The first kappa shape index (κ1) is 11.1. The number of aromatic carboxylic acids is 1. The molecule has 88 valence electrons. The second-order valence-electron chi connectivity index (χ2n) is 4.22. The summed E-state index contributed by atoms with van der Waals surface area (Å²) in [5, 5.41) is 19.6. The predicted molar refractivity (Wildman–Crippen MR) is 57.3 cm³/mol. The molecule has 0 aliphatic carbocycles. The first-order valence-corrected chi connectivity index (χ1v) is 5.54. The van der Waals surface area contributed by atoms with Crippen molar-refractivity contribution in [3.63, 3.8) is 0 Å². The number of nitrogens with one attached hydrogen (secondary N) is 1. The van der Waals surface area contributed by atoms with E-state index in [-0.39, 0.29) is 11.7 Å². The van der Waals surface area contributed by atoms with E-state index in [0.717, 1.165) is 25.9 Å². The average Bonchev–Trinajstić information content (AvgIpc) is 2.78. The molecule has 0 spiro atoms. The van der Waals surface area contributed by atoms with Gasteiger partial charge in [-0.25, -0.2) is 9.48 Å². The fourth-order valence-corrected chi connectivity index (χ4v) is 2.12. The molecule has 0 saturated carbocycles. The molecule has 0 amide bonds. The van der Waals surface area contributed by atoms with Crippen molar-refractivity contribution in [1.29, 1.82) is 0 Å². The Morgan fingerprint density at radius 2 is 2.31 bits per heavy atom. The lowest BCUT2D eigenvalue weighted by Gasteiger charge is -2.27. The van der Waals surface area contributed by atoms with Gasteiger partial charge in [-0.15, -0.1) is 5.10 Å². The molecule has 2 rings (SSSR count). The number of carboxylic acid groups (broad SMARTS) is 1. The number of rotatable bonds is 3. The van der Waals surface area contributed by atoms with Crippen LogP contribution in [0.25, 0.3) is 0 Å². The zero-order valence-electron chi connectivity index (χ0n) is 9.26. The molecule has 1 aromatic rings. The van der Waals surface area contributed by atoms with Crippen molar-refractivity contribution in [2.24, 2.45) is 5.92 Å². The first-order chi connectivity index (χ1) is 7.68. The molecular formula is C10H16N4O2. The first-order valence-electron chi connectivity index (χ1n) is 5.54. The van der Waals surface area contributed by atoms with Crippen LogP contribution in [0.3, 0.4) is 0 Å². The molecule has 0 bridgehead atoms. The SMILES string of the molecule is C[C@H](C1CCNCC1)n1cc(C(=O)O)nn1. The Labute approximate surface area is 93.6 Å². The number of hydrogen-bond donors (Lipinski definition) is 2. The van der Waals surface area contributed by atoms with Crippen LogP contribution in [-0.2, 0) is 0 Å². The monoisotopic (exact) mass is 224 g/mol. The molecule has 16 heavy (non-hydrogen) atoms. The molecule has 6 nitrogen and oxygen atoms in total. The second-order valence-corrected chi connectivity index (χ2v) is 4.22. The summed E-state index contributed by atoms with van der Waals surface area (Å²) < 4.78 is 1.67. The van der Waals surface area contributed by atoms with E-state index in [0.29, 0.717) is 5.92 Å². The highest BCUT2D eigenvalue weighted by atomic mass is 16.4. The van der Waals surface area contributed by atoms with E-state index in [2.05, 4.69) is 22.6 Å². The molecule has 1 aliphatic rings. The Balaban J connectivity index is 2.07. The standard InChI is InChI=1S/C10H16N4O2/c1-7(8-2-4-11-5-3-8)14-6-9(10(15)16)12-13-14/h6-8,11H,2-5H2,1H3,(H,15,16)/t7-/m1/s1. The minimum absolute atomic E-state index is 0.0146. The summed E-state index contributed by atoms with van der Waals surface area (Å²) in [6.07, 6.45) is 3.71. The molecule has 0 aromatic carbocycles. The molecule has 1 aliphatic heterocycles. The number of carbonyl (C=O) groups is 1. The highest BCUT2D eigenvalue weighted by molar-refractivity contribution is 5.84. The number of aromatic nitrogens is 3. The van der Waals surface area contributed by atoms with E-state index in [1.165, 1.54) is 6.20 Å². The Morgan fingerprint density at radius 1 is 1.62 bits per heavy atom. The van der Waals surface area contributed by atoms with Crippen LogP contribution in [-0.4, -0.2) is 39.2 Å². The smallest absolute Gasteiger partial charge is 0.358 e. The second kappa shape index (κ2) is 4.61. The lowest BCUT2D eigenvalue weighted by molar-refractivity contribution is 0.0690. The van der Waals surface area contributed by atoms with E-state index in [9.17, 15) is 4.79 Å². The van der Waals surface area contributed by atoms with Gasteiger partial charge in [0.15, 0.2) is 5.69 Å². The van der Waals surface area contributed by atoms with E-state index >= 15 is 0 Å². The zero-order chi connectivity index (χ0) is 11.5. The van der Waals surface area contributed by atoms with Crippen molar-refractivity contribution >= 4 is 5.97 Å². The predicted octanol–water partition coefficient (Wildman–Crippen LogP) is 0.537. The van der Waals surface area contributed by atoms with Gasteiger partial charge < -0.3 is 10.4 Å². The lowest BCUT2D eigenvalue weighted by atomic mass is 9.91. The van der Waals surface area contributed by atoms with Gasteiger partial charge in [-0.2, -0.15) is 0 Å². The van der Waals surface area contributed by atoms with Crippen LogP contribution in [0.1, 0.15) is 36.3 Å². The maximum Gasteiger partial charge on any atom is 0.358 e. The van der Waals surface area contributed by atoms with Crippen molar-refractivity contribution < 1.29 is 9.90 Å². The molecule has 1 atom stereocenters. The molecule has 0 radical (unpaired) electrons. The largest absolute Gasteiger partial charge is 0.476 e. The number of carboxylic acids is 1. The molecule has 2 N–H and O–H groups in total. The third kappa shape index (κ3) is 2.21. The summed E-state index contributed by atoms with van der Waals surface area (Å²) in [4.78, 5) is 10.7. The summed E-state index contributed by atoms with van der Waals surface area (Å²) in [5.74, 6) is -0.478. The van der Waals surface area contributed by atoms with Gasteiger partial charge in [-0.3, -0.25) is 0 Å². The Bertz CT molecular complexity index is 371. The summed E-state index contributed by atoms with van der Waals surface area (Å²) in [6.45, 7) is 4.11. The van der Waals surface area contributed by atoms with E-state index < -0.39 is 5.97 Å². The van der Waals surface area contributed by atoms with E-state index in [1.807, 2.05) is 0 Å². The molecule has 1 saturated heterocycles. The fourth-order valence-electron chi connectivity index (χ4n) is 2.12. The Kier molecular flexibility index (Phi) is 3.19. The molecular weight excluding hydrogens is 208 g/mol. The maximum absolute atomic E-state index is 10.7. The lowest BCUT2D eigenvalue weighted by Crippen LogP contribution is -2.32. The molecule has 1 fully saturated rings. The summed E-state index contributed by atoms with van der Waals surface area (Å²) in [6, 6.07) is 0.211. The average molecular weight is 224 g/mol. The van der Waals surface area contributed by atoms with Gasteiger partial charge in [0.05, 0.1) is 12.2 Å². The zero-order valence-corrected chi connectivity index (χ0v) is 9.26. The molecule has 2 heterocycles. The van der Waals surface area contributed by atoms with Gasteiger partial charge in [-0.1, -0.05) is 5.21 Å². The van der Waals surface area contributed by atoms with Crippen molar-refractivity contribution in [3.05, 3.63) is 11.9 Å². The van der Waals surface area contributed by atoms with Crippen LogP contribution in [0.4, 0.5) is 0 Å². The van der Waals surface area contributed by atoms with Crippen molar-refractivity contribution in [3.8, 4) is 0 Å². The minimum Gasteiger partial charge on any atom is -0.476 e. The van der Waals surface area contributed by atoms with Crippen molar-refractivity contribution in [2.45, 2.75) is 25.8 Å². The highest BCUT2D eigenvalue weighted by Gasteiger charge is 2.22. The Hall–Kier alpha value is -1.43. The van der Waals surface area contributed by atoms with Crippen LogP contribution in [0.2, 0.25) is 0 Å². The van der Waals surface area contributed by atoms with Crippen LogP contribution in [0.15, 0.2) is 6.20 Å². The van der Waals surface area contributed by atoms with Crippen LogP contribution in [0.5, 0.6) is 0 Å². The summed E-state index contributed by atoms with van der Waals surface area (Å²) >= 11 is 0. The van der Waals surface area contributed by atoms with E-state index in [4.69, 9.17) is 5.11 Å². The number of hydrogen-bond acceptors (Lipinski definition) is 4. The molecule has 1 aromatic heterocycles. The quantitative estimate of drug-likeness (QED) is 0.783. The van der Waals surface area contributed by atoms with Crippen molar-refractivity contribution in [1.82, 2.24) is 20.3 Å². The number of piperidine rings is 1. The van der Waals surface area contributed by atoms with Crippen molar-refractivity contribution in [2.75, 3.05) is 13.1 Å². The van der Waals surface area contributed by atoms with Crippen LogP contribution < -0.4 is 5.32 Å². The van der Waals surface area contributed by atoms with Gasteiger partial charge in [0.25, 0.3) is 0 Å². The van der Waals surface area contributed by atoms with E-state index in [1.54, 1.807) is 4.68 Å². The van der Waals surface area contributed by atoms with Gasteiger partial charge in [-0.05, 0) is 38.8 Å². The fraction of sp³-hybridized carbons (Fsp3) is 0.700. The topological polar surface area (TPSA) is 80.0 Å². The van der Waals surface area contributed by atoms with Crippen LogP contribution >= 0.6 is 0 Å². The molecule has 0 unspecified atom stereocenters. The van der Waals surface area contributed by atoms with Gasteiger partial charge in [0.1, 0.15) is 0 Å². The summed E-state index contributed by atoms with van der Waals surface area (Å²) in [7, 11) is 0. The third-order valence-corrected chi connectivity index (χ3v) is 3.21. The number of nitrogens with zero attached hydrogens (tertiary/aromatic N) is 3. The highest BCUT2D eigenvalue weighted by Crippen LogP contribution is 2.25. The molecule has 6 heteroatoms. The van der Waals surface area contributed by atoms with Gasteiger partial charge >= 0.3 is 5.97 Å². The normalized spacial score (nSPS) is 19.6. The van der Waals surface area contributed by atoms with Gasteiger partial charge in [0, 0.05) is 0 Å². The van der Waals surface area contributed by atoms with Crippen LogP contribution in [0, 0.1) is 5.92 Å². The summed E-state index contributed by atoms with van der Waals surface area (Å²) in [5.41, 5.74) is 0.0146. The third-order valence-electron chi connectivity index (χ3n) is 3.21.